The molecule has 1 unspecified atom stereocenters. The predicted molar refractivity (Wildman–Crippen MR) is 99.5 cm³/mol. The zero-order valence-electron chi connectivity index (χ0n) is 13.2. The molecule has 3 rings (SSSR count). The van der Waals surface area contributed by atoms with Gasteiger partial charge in [-0.15, -0.1) is 0 Å². The number of anilines is 1. The van der Waals surface area contributed by atoms with Crippen LogP contribution in [0.1, 0.15) is 5.56 Å². The molecule has 2 aromatic rings. The number of rotatable bonds is 5. The number of dihydropyridines is 1. The largest absolute Gasteiger partial charge is 0.489 e. The second-order valence-corrected chi connectivity index (χ2v) is 5.79. The van der Waals surface area contributed by atoms with Gasteiger partial charge in [-0.05, 0) is 36.4 Å². The van der Waals surface area contributed by atoms with E-state index >= 15 is 0 Å². The summed E-state index contributed by atoms with van der Waals surface area (Å²) in [5.41, 5.74) is 1.10. The molecule has 0 spiro atoms. The summed E-state index contributed by atoms with van der Waals surface area (Å²) in [6.07, 6.45) is 4.96. The Bertz CT molecular complexity index is 847. The van der Waals surface area contributed by atoms with E-state index in [1.807, 2.05) is 0 Å². The van der Waals surface area contributed by atoms with Crippen LogP contribution >= 0.6 is 12.2 Å². The number of allylic oxidation sites excluding steroid dienone is 1. The van der Waals surface area contributed by atoms with Crippen molar-refractivity contribution in [2.45, 2.75) is 6.61 Å². The van der Waals surface area contributed by atoms with Crippen molar-refractivity contribution in [2.75, 3.05) is 5.32 Å². The SMILES string of the molecule is O=C(Nc1ccc(OCc2ccccc2F)cc1)C1C=CC=NC1=S. The summed E-state index contributed by atoms with van der Waals surface area (Å²) in [5.74, 6) is -0.500. The van der Waals surface area contributed by atoms with Crippen LogP contribution in [0.2, 0.25) is 0 Å². The zero-order valence-corrected chi connectivity index (χ0v) is 14.0. The number of hydrogen-bond acceptors (Lipinski definition) is 3. The first-order valence-electron chi connectivity index (χ1n) is 7.65. The Balaban J connectivity index is 1.58. The average molecular weight is 354 g/mol. The molecule has 4 nitrogen and oxygen atoms in total. The fourth-order valence-electron chi connectivity index (χ4n) is 2.27. The van der Waals surface area contributed by atoms with Crippen LogP contribution in [0.15, 0.2) is 65.7 Å². The van der Waals surface area contributed by atoms with Crippen molar-refractivity contribution in [2.24, 2.45) is 10.9 Å². The van der Waals surface area contributed by atoms with Crippen LogP contribution in [0.25, 0.3) is 0 Å². The van der Waals surface area contributed by atoms with Crippen molar-refractivity contribution in [3.05, 3.63) is 72.1 Å². The van der Waals surface area contributed by atoms with Gasteiger partial charge in [-0.2, -0.15) is 0 Å². The van der Waals surface area contributed by atoms with E-state index in [0.29, 0.717) is 22.0 Å². The van der Waals surface area contributed by atoms with Crippen LogP contribution in [-0.2, 0) is 11.4 Å². The molecule has 1 atom stereocenters. The van der Waals surface area contributed by atoms with Crippen LogP contribution in [0.4, 0.5) is 10.1 Å². The second-order valence-electron chi connectivity index (χ2n) is 5.37. The lowest BCUT2D eigenvalue weighted by Crippen LogP contribution is -2.27. The predicted octanol–water partition coefficient (Wildman–Crippen LogP) is 3.93. The standard InChI is InChI=1S/C19H15FN2O2S/c20-17-6-2-1-4-13(17)12-24-15-9-7-14(8-10-15)22-18(23)16-5-3-11-21-19(16)25/h1-11,16H,12H2,(H,22,23). The van der Waals surface area contributed by atoms with Crippen LogP contribution in [0, 0.1) is 11.7 Å². The summed E-state index contributed by atoms with van der Waals surface area (Å²) >= 11 is 5.07. The molecular formula is C19H15FN2O2S. The smallest absolute Gasteiger partial charge is 0.238 e. The summed E-state index contributed by atoms with van der Waals surface area (Å²) < 4.78 is 19.1. The molecule has 0 radical (unpaired) electrons. The molecule has 1 amide bonds. The van der Waals surface area contributed by atoms with E-state index in [0.717, 1.165) is 0 Å². The minimum atomic E-state index is -0.544. The topological polar surface area (TPSA) is 50.7 Å². The van der Waals surface area contributed by atoms with E-state index in [1.165, 1.54) is 6.07 Å². The normalized spacial score (nSPS) is 15.9. The summed E-state index contributed by atoms with van der Waals surface area (Å²) in [5, 5.41) is 2.79. The number of hydrogen-bond donors (Lipinski definition) is 1. The van der Waals surface area contributed by atoms with Gasteiger partial charge in [0.2, 0.25) is 5.91 Å². The maximum Gasteiger partial charge on any atom is 0.238 e. The first-order chi connectivity index (χ1) is 12.1. The number of amides is 1. The van der Waals surface area contributed by atoms with Gasteiger partial charge in [-0.1, -0.05) is 36.5 Å². The molecule has 1 heterocycles. The van der Waals surface area contributed by atoms with Crippen LogP contribution in [0.3, 0.4) is 0 Å². The molecule has 2 aromatic carbocycles. The summed E-state index contributed by atoms with van der Waals surface area (Å²) in [7, 11) is 0. The molecule has 0 fully saturated rings. The highest BCUT2D eigenvalue weighted by atomic mass is 32.1. The van der Waals surface area contributed by atoms with Gasteiger partial charge in [0.1, 0.15) is 29.1 Å². The van der Waals surface area contributed by atoms with Gasteiger partial charge < -0.3 is 10.1 Å². The van der Waals surface area contributed by atoms with E-state index in [2.05, 4.69) is 10.3 Å². The maximum atomic E-state index is 13.6. The van der Waals surface area contributed by atoms with E-state index in [9.17, 15) is 9.18 Å². The van der Waals surface area contributed by atoms with Gasteiger partial charge in [0, 0.05) is 17.5 Å². The molecule has 0 saturated carbocycles. The first-order valence-corrected chi connectivity index (χ1v) is 8.06. The average Bonchev–Trinajstić information content (AvgIpc) is 2.62. The molecule has 0 saturated heterocycles. The van der Waals surface area contributed by atoms with E-state index in [4.69, 9.17) is 17.0 Å². The molecule has 0 aliphatic carbocycles. The van der Waals surface area contributed by atoms with Gasteiger partial charge in [0.25, 0.3) is 0 Å². The zero-order chi connectivity index (χ0) is 17.6. The third-order valence-corrected chi connectivity index (χ3v) is 3.97. The summed E-state index contributed by atoms with van der Waals surface area (Å²) in [4.78, 5) is 16.5. The fourth-order valence-corrected chi connectivity index (χ4v) is 2.52. The molecule has 1 aliphatic heterocycles. The number of benzene rings is 2. The first kappa shape index (κ1) is 17.0. The molecule has 1 N–H and O–H groups in total. The minimum absolute atomic E-state index is 0.136. The van der Waals surface area contributed by atoms with Crippen LogP contribution in [-0.4, -0.2) is 17.1 Å². The van der Waals surface area contributed by atoms with Crippen molar-refractivity contribution in [3.63, 3.8) is 0 Å². The highest BCUT2D eigenvalue weighted by molar-refractivity contribution is 7.80. The molecule has 0 bridgehead atoms. The second kappa shape index (κ2) is 7.81. The van der Waals surface area contributed by atoms with Crippen molar-refractivity contribution < 1.29 is 13.9 Å². The lowest BCUT2D eigenvalue weighted by atomic mass is 10.1. The third-order valence-electron chi connectivity index (χ3n) is 3.61. The van der Waals surface area contributed by atoms with Gasteiger partial charge in [0.05, 0.1) is 0 Å². The van der Waals surface area contributed by atoms with Gasteiger partial charge in [-0.3, -0.25) is 4.79 Å². The van der Waals surface area contributed by atoms with E-state index in [1.54, 1.807) is 60.8 Å². The summed E-state index contributed by atoms with van der Waals surface area (Å²) in [6, 6.07) is 13.3. The number of ether oxygens (including phenoxy) is 1. The van der Waals surface area contributed by atoms with E-state index in [-0.39, 0.29) is 18.3 Å². The van der Waals surface area contributed by atoms with Crippen LogP contribution < -0.4 is 10.1 Å². The number of halogens is 1. The van der Waals surface area contributed by atoms with Crippen LogP contribution in [0.5, 0.6) is 5.75 Å². The molecule has 0 aromatic heterocycles. The maximum absolute atomic E-state index is 13.6. The van der Waals surface area contributed by atoms with Crippen molar-refractivity contribution in [3.8, 4) is 5.75 Å². The molecule has 126 valence electrons. The van der Waals surface area contributed by atoms with Crippen molar-refractivity contribution in [1.29, 1.82) is 0 Å². The van der Waals surface area contributed by atoms with Gasteiger partial charge >= 0.3 is 0 Å². The Morgan fingerprint density at radius 3 is 2.68 bits per heavy atom. The summed E-state index contributed by atoms with van der Waals surface area (Å²) in [6.45, 7) is 0.136. The Morgan fingerprint density at radius 1 is 1.20 bits per heavy atom. The lowest BCUT2D eigenvalue weighted by molar-refractivity contribution is -0.116. The monoisotopic (exact) mass is 354 g/mol. The van der Waals surface area contributed by atoms with Gasteiger partial charge in [-0.25, -0.2) is 9.38 Å². The Labute approximate surface area is 150 Å². The molecule has 6 heteroatoms. The quantitative estimate of drug-likeness (QED) is 0.828. The number of thiocarbonyl (C=S) groups is 1. The van der Waals surface area contributed by atoms with Crippen molar-refractivity contribution in [1.82, 2.24) is 0 Å². The lowest BCUT2D eigenvalue weighted by Gasteiger charge is -2.14. The Hall–Kier alpha value is -2.86. The number of nitrogens with one attached hydrogen (secondary N) is 1. The number of carbonyl (C=O) groups is 1. The number of carbonyl (C=O) groups excluding carboxylic acids is 1. The Kier molecular flexibility index (Phi) is 5.30. The number of aliphatic imine (C=N–C) groups is 1. The third kappa shape index (κ3) is 4.36. The number of nitrogens with zero attached hydrogens (tertiary/aromatic N) is 1. The molecule has 25 heavy (non-hydrogen) atoms. The molecular weight excluding hydrogens is 339 g/mol. The van der Waals surface area contributed by atoms with E-state index < -0.39 is 5.92 Å². The fraction of sp³-hybridized carbons (Fsp3) is 0.105. The van der Waals surface area contributed by atoms with Crippen molar-refractivity contribution >= 4 is 35.0 Å². The highest BCUT2D eigenvalue weighted by Gasteiger charge is 2.21. The molecule has 1 aliphatic rings. The highest BCUT2D eigenvalue weighted by Crippen LogP contribution is 2.19. The minimum Gasteiger partial charge on any atom is -0.489 e. The van der Waals surface area contributed by atoms with Gasteiger partial charge in [0.15, 0.2) is 0 Å². The Morgan fingerprint density at radius 2 is 1.96 bits per heavy atom.